The molecule has 2 rings (SSSR count). The third-order valence-electron chi connectivity index (χ3n) is 2.29. The van der Waals surface area contributed by atoms with Crippen molar-refractivity contribution in [3.8, 4) is 0 Å². The second-order valence-corrected chi connectivity index (χ2v) is 4.51. The summed E-state index contributed by atoms with van der Waals surface area (Å²) in [4.78, 5) is 0. The van der Waals surface area contributed by atoms with Gasteiger partial charge in [-0.2, -0.15) is 0 Å². The van der Waals surface area contributed by atoms with Gasteiger partial charge in [0.05, 0.1) is 0 Å². The lowest BCUT2D eigenvalue weighted by molar-refractivity contribution is 0.430. The number of hydrogen-bond donors (Lipinski definition) is 2. The number of hydrogen-bond acceptors (Lipinski definition) is 2. The first-order valence-electron chi connectivity index (χ1n) is 4.56. The summed E-state index contributed by atoms with van der Waals surface area (Å²) in [6.45, 7) is 3.19. The molecule has 0 saturated carbocycles. The third-order valence-corrected chi connectivity index (χ3v) is 2.96. The van der Waals surface area contributed by atoms with E-state index in [2.05, 4.69) is 57.5 Å². The molecule has 78 valence electrons. The Balaban J connectivity index is 0.000000980. The van der Waals surface area contributed by atoms with Crippen LogP contribution < -0.4 is 10.6 Å². The zero-order valence-corrected chi connectivity index (χ0v) is 10.8. The van der Waals surface area contributed by atoms with E-state index in [9.17, 15) is 0 Å². The number of piperazine rings is 1. The largest absolute Gasteiger partial charge is 0.314 e. The second-order valence-electron chi connectivity index (χ2n) is 3.27. The van der Waals surface area contributed by atoms with Gasteiger partial charge in [-0.05, 0) is 40.3 Å². The number of halogens is 2. The lowest BCUT2D eigenvalue weighted by Gasteiger charge is -2.24. The van der Waals surface area contributed by atoms with Crippen molar-refractivity contribution in [3.05, 3.63) is 33.4 Å². The third kappa shape index (κ3) is 3.08. The van der Waals surface area contributed by atoms with Crippen LogP contribution in [0.25, 0.3) is 0 Å². The summed E-state index contributed by atoms with van der Waals surface area (Å²) in [6, 6.07) is 9.16. The molecular weight excluding hydrogens is 310 g/mol. The minimum Gasteiger partial charge on any atom is -0.314 e. The van der Waals surface area contributed by atoms with Crippen LogP contribution in [0.5, 0.6) is 0 Å². The molecule has 0 bridgehead atoms. The molecule has 0 spiro atoms. The maximum Gasteiger partial charge on any atom is 0.0447 e. The summed E-state index contributed by atoms with van der Waals surface area (Å²) in [6.07, 6.45) is 0. The van der Waals surface area contributed by atoms with Crippen molar-refractivity contribution >= 4 is 35.0 Å². The predicted octanol–water partition coefficient (Wildman–Crippen LogP) is 1.95. The highest BCUT2D eigenvalue weighted by molar-refractivity contribution is 14.1. The van der Waals surface area contributed by atoms with Crippen molar-refractivity contribution in [2.45, 2.75) is 6.04 Å². The fourth-order valence-electron chi connectivity index (χ4n) is 1.61. The fourth-order valence-corrected chi connectivity index (χ4v) is 2.18. The lowest BCUT2D eigenvalue weighted by atomic mass is 10.1. The van der Waals surface area contributed by atoms with Gasteiger partial charge < -0.3 is 10.6 Å². The van der Waals surface area contributed by atoms with Gasteiger partial charge in [-0.15, -0.1) is 12.4 Å². The Kier molecular flexibility index (Phi) is 5.15. The van der Waals surface area contributed by atoms with Gasteiger partial charge in [-0.1, -0.05) is 12.1 Å². The molecule has 1 fully saturated rings. The summed E-state index contributed by atoms with van der Waals surface area (Å²) in [5.41, 5.74) is 1.39. The Morgan fingerprint density at radius 1 is 1.29 bits per heavy atom. The van der Waals surface area contributed by atoms with Crippen LogP contribution in [-0.4, -0.2) is 19.6 Å². The SMILES string of the molecule is Cl.Ic1cccc([C@H]2CNCCN2)c1. The summed E-state index contributed by atoms with van der Waals surface area (Å²) in [5.74, 6) is 0. The van der Waals surface area contributed by atoms with Crippen LogP contribution in [-0.2, 0) is 0 Å². The molecule has 1 heterocycles. The molecule has 1 aromatic carbocycles. The molecule has 4 heteroatoms. The zero-order valence-electron chi connectivity index (χ0n) is 7.79. The van der Waals surface area contributed by atoms with Crippen molar-refractivity contribution in [1.82, 2.24) is 10.6 Å². The smallest absolute Gasteiger partial charge is 0.0447 e. The van der Waals surface area contributed by atoms with Crippen molar-refractivity contribution in [2.75, 3.05) is 19.6 Å². The van der Waals surface area contributed by atoms with E-state index in [1.807, 2.05) is 0 Å². The Morgan fingerprint density at radius 2 is 2.14 bits per heavy atom. The van der Waals surface area contributed by atoms with Crippen LogP contribution in [0.1, 0.15) is 11.6 Å². The molecule has 0 aliphatic carbocycles. The first kappa shape index (κ1) is 12.2. The van der Waals surface area contributed by atoms with Gasteiger partial charge in [0.25, 0.3) is 0 Å². The summed E-state index contributed by atoms with van der Waals surface area (Å²) in [7, 11) is 0. The zero-order chi connectivity index (χ0) is 9.10. The summed E-state index contributed by atoms with van der Waals surface area (Å²) in [5, 5.41) is 6.88. The maximum atomic E-state index is 3.50. The average Bonchev–Trinajstić information content (AvgIpc) is 2.19. The van der Waals surface area contributed by atoms with E-state index < -0.39 is 0 Å². The van der Waals surface area contributed by atoms with Crippen molar-refractivity contribution in [3.63, 3.8) is 0 Å². The highest BCUT2D eigenvalue weighted by Crippen LogP contribution is 2.16. The van der Waals surface area contributed by atoms with Crippen LogP contribution >= 0.6 is 35.0 Å². The fraction of sp³-hybridized carbons (Fsp3) is 0.400. The molecule has 0 radical (unpaired) electrons. The van der Waals surface area contributed by atoms with Gasteiger partial charge in [0.1, 0.15) is 0 Å². The molecule has 0 amide bonds. The van der Waals surface area contributed by atoms with E-state index in [0.717, 1.165) is 19.6 Å². The highest BCUT2D eigenvalue weighted by atomic mass is 127. The molecule has 2 N–H and O–H groups in total. The second kappa shape index (κ2) is 5.90. The lowest BCUT2D eigenvalue weighted by Crippen LogP contribution is -2.42. The summed E-state index contributed by atoms with van der Waals surface area (Å²) < 4.78 is 1.31. The van der Waals surface area contributed by atoms with Crippen molar-refractivity contribution in [2.24, 2.45) is 0 Å². The van der Waals surface area contributed by atoms with Gasteiger partial charge in [-0.3, -0.25) is 0 Å². The van der Waals surface area contributed by atoms with Crippen molar-refractivity contribution in [1.29, 1.82) is 0 Å². The van der Waals surface area contributed by atoms with Crippen LogP contribution in [0.2, 0.25) is 0 Å². The van der Waals surface area contributed by atoms with Gasteiger partial charge >= 0.3 is 0 Å². The van der Waals surface area contributed by atoms with Crippen LogP contribution in [0.3, 0.4) is 0 Å². The van der Waals surface area contributed by atoms with E-state index in [0.29, 0.717) is 6.04 Å². The first-order chi connectivity index (χ1) is 6.36. The molecule has 1 atom stereocenters. The molecule has 14 heavy (non-hydrogen) atoms. The van der Waals surface area contributed by atoms with E-state index in [1.54, 1.807) is 0 Å². The van der Waals surface area contributed by atoms with Crippen molar-refractivity contribution < 1.29 is 0 Å². The number of rotatable bonds is 1. The Bertz CT molecular complexity index is 287. The van der Waals surface area contributed by atoms with E-state index in [-0.39, 0.29) is 12.4 Å². The van der Waals surface area contributed by atoms with E-state index in [4.69, 9.17) is 0 Å². The molecular formula is C10H14ClIN2. The quantitative estimate of drug-likeness (QED) is 0.772. The average molecular weight is 325 g/mol. The monoisotopic (exact) mass is 324 g/mol. The summed E-state index contributed by atoms with van der Waals surface area (Å²) >= 11 is 2.35. The highest BCUT2D eigenvalue weighted by Gasteiger charge is 2.13. The van der Waals surface area contributed by atoms with Crippen LogP contribution in [0.4, 0.5) is 0 Å². The predicted molar refractivity (Wildman–Crippen MR) is 70.0 cm³/mol. The van der Waals surface area contributed by atoms with Gasteiger partial charge in [0, 0.05) is 29.2 Å². The molecule has 1 aromatic rings. The molecule has 0 unspecified atom stereocenters. The van der Waals surface area contributed by atoms with Gasteiger partial charge in [0.15, 0.2) is 0 Å². The Hall–Kier alpha value is 0.160. The topological polar surface area (TPSA) is 24.1 Å². The maximum absolute atomic E-state index is 3.50. The number of benzene rings is 1. The minimum atomic E-state index is 0. The Labute approximate surface area is 104 Å². The molecule has 0 aromatic heterocycles. The Morgan fingerprint density at radius 3 is 2.79 bits per heavy atom. The van der Waals surface area contributed by atoms with Gasteiger partial charge in [0.2, 0.25) is 0 Å². The van der Waals surface area contributed by atoms with Gasteiger partial charge in [-0.25, -0.2) is 0 Å². The molecule has 1 aliphatic heterocycles. The van der Waals surface area contributed by atoms with E-state index in [1.165, 1.54) is 9.13 Å². The molecule has 2 nitrogen and oxygen atoms in total. The number of nitrogens with one attached hydrogen (secondary N) is 2. The first-order valence-corrected chi connectivity index (χ1v) is 5.64. The standard InChI is InChI=1S/C10H13IN2.ClH/c11-9-3-1-2-8(6-9)10-7-12-4-5-13-10;/h1-3,6,10,12-13H,4-5,7H2;1H/t10-;/m1./s1. The van der Waals surface area contributed by atoms with Crippen LogP contribution in [0.15, 0.2) is 24.3 Å². The van der Waals surface area contributed by atoms with E-state index >= 15 is 0 Å². The molecule has 1 aliphatic rings. The van der Waals surface area contributed by atoms with Crippen LogP contribution in [0, 0.1) is 3.57 Å². The normalized spacial score (nSPS) is 21.4. The molecule has 1 saturated heterocycles. The minimum absolute atomic E-state index is 0.